The smallest absolute Gasteiger partial charge is 0.323 e. The third-order valence-electron chi connectivity index (χ3n) is 6.26. The van der Waals surface area contributed by atoms with Crippen LogP contribution in [0.15, 0.2) is 121 Å². The van der Waals surface area contributed by atoms with Gasteiger partial charge in [0.05, 0.1) is 0 Å². The second-order valence-electron chi connectivity index (χ2n) is 9.17. The van der Waals surface area contributed by atoms with Gasteiger partial charge < -0.3 is 9.47 Å². The van der Waals surface area contributed by atoms with E-state index in [4.69, 9.17) is 9.47 Å². The molecule has 0 N–H and O–H groups in total. The maximum Gasteiger partial charge on any atom is 0.323 e. The van der Waals surface area contributed by atoms with Crippen LogP contribution in [0.25, 0.3) is 0 Å². The molecule has 0 heterocycles. The zero-order valence-electron chi connectivity index (χ0n) is 21.4. The molecule has 0 unspecified atom stereocenters. The van der Waals surface area contributed by atoms with Gasteiger partial charge in [0.25, 0.3) is 0 Å². The van der Waals surface area contributed by atoms with E-state index < -0.39 is 6.04 Å². The van der Waals surface area contributed by atoms with E-state index in [0.29, 0.717) is 19.5 Å². The van der Waals surface area contributed by atoms with E-state index >= 15 is 0 Å². The fourth-order valence-electron chi connectivity index (χ4n) is 4.25. The van der Waals surface area contributed by atoms with Gasteiger partial charge in [0, 0.05) is 19.5 Å². The highest BCUT2D eigenvalue weighted by Gasteiger charge is 2.29. The molecule has 4 aromatic rings. The topological polar surface area (TPSA) is 55.8 Å². The standard InChI is InChI=1S/C33H33NO4/c35-32(37-25-29-17-9-3-10-18-29)22-21-31(33(36)38-26-30-19-11-4-12-20-30)34(23-27-13-5-1-6-14-27)24-28-15-7-2-8-16-28/h1-20,31H,21-26H2/t31-/m1/s1. The summed E-state index contributed by atoms with van der Waals surface area (Å²) in [6.45, 7) is 1.47. The Kier molecular flexibility index (Phi) is 10.2. The Morgan fingerprint density at radius 3 is 1.39 bits per heavy atom. The molecule has 0 amide bonds. The summed E-state index contributed by atoms with van der Waals surface area (Å²) in [5.41, 5.74) is 4.00. The zero-order valence-corrected chi connectivity index (χ0v) is 21.4. The van der Waals surface area contributed by atoms with Gasteiger partial charge in [-0.25, -0.2) is 0 Å². The minimum absolute atomic E-state index is 0.109. The highest BCUT2D eigenvalue weighted by molar-refractivity contribution is 5.77. The molecule has 5 nitrogen and oxygen atoms in total. The molecule has 5 heteroatoms. The SMILES string of the molecule is O=C(CC[C@H](C(=O)OCc1ccccc1)N(Cc1ccccc1)Cc1ccccc1)OCc1ccccc1. The Hall–Kier alpha value is -4.22. The number of hydrogen-bond donors (Lipinski definition) is 0. The number of nitrogens with zero attached hydrogens (tertiary/aromatic N) is 1. The lowest BCUT2D eigenvalue weighted by Gasteiger charge is -2.30. The fraction of sp³-hybridized carbons (Fsp3) is 0.212. The van der Waals surface area contributed by atoms with Gasteiger partial charge in [-0.1, -0.05) is 121 Å². The first-order valence-corrected chi connectivity index (χ1v) is 12.9. The quantitative estimate of drug-likeness (QED) is 0.198. The van der Waals surface area contributed by atoms with Crippen molar-refractivity contribution in [2.24, 2.45) is 0 Å². The highest BCUT2D eigenvalue weighted by Crippen LogP contribution is 2.19. The minimum atomic E-state index is -0.622. The van der Waals surface area contributed by atoms with Crippen LogP contribution in [0.3, 0.4) is 0 Å². The maximum atomic E-state index is 13.5. The predicted octanol–water partition coefficient (Wildman–Crippen LogP) is 6.32. The third kappa shape index (κ3) is 8.71. The van der Waals surface area contributed by atoms with Crippen LogP contribution in [-0.2, 0) is 45.4 Å². The number of carbonyl (C=O) groups is 2. The average Bonchev–Trinajstić information content (AvgIpc) is 2.97. The van der Waals surface area contributed by atoms with Crippen molar-refractivity contribution in [1.29, 1.82) is 0 Å². The van der Waals surface area contributed by atoms with E-state index in [0.717, 1.165) is 22.3 Å². The second-order valence-corrected chi connectivity index (χ2v) is 9.17. The van der Waals surface area contributed by atoms with Gasteiger partial charge in [-0.05, 0) is 28.7 Å². The van der Waals surface area contributed by atoms with E-state index in [-0.39, 0.29) is 31.6 Å². The second kappa shape index (κ2) is 14.5. The van der Waals surface area contributed by atoms with Crippen molar-refractivity contribution < 1.29 is 19.1 Å². The highest BCUT2D eigenvalue weighted by atomic mass is 16.5. The first-order chi connectivity index (χ1) is 18.7. The van der Waals surface area contributed by atoms with Crippen molar-refractivity contribution in [3.05, 3.63) is 144 Å². The van der Waals surface area contributed by atoms with Crippen LogP contribution in [-0.4, -0.2) is 22.9 Å². The van der Waals surface area contributed by atoms with Crippen LogP contribution in [0.1, 0.15) is 35.1 Å². The predicted molar refractivity (Wildman–Crippen MR) is 148 cm³/mol. The van der Waals surface area contributed by atoms with Crippen LogP contribution in [0, 0.1) is 0 Å². The number of carbonyl (C=O) groups excluding carboxylic acids is 2. The van der Waals surface area contributed by atoms with Gasteiger partial charge in [0.15, 0.2) is 0 Å². The fourth-order valence-corrected chi connectivity index (χ4v) is 4.25. The van der Waals surface area contributed by atoms with Crippen molar-refractivity contribution in [3.63, 3.8) is 0 Å². The van der Waals surface area contributed by atoms with E-state index in [1.165, 1.54) is 0 Å². The summed E-state index contributed by atoms with van der Waals surface area (Å²) < 4.78 is 11.3. The molecule has 0 radical (unpaired) electrons. The van der Waals surface area contributed by atoms with E-state index in [9.17, 15) is 9.59 Å². The van der Waals surface area contributed by atoms with E-state index in [1.54, 1.807) is 0 Å². The molecule has 194 valence electrons. The molecule has 0 saturated heterocycles. The van der Waals surface area contributed by atoms with Gasteiger partial charge in [-0.3, -0.25) is 14.5 Å². The van der Waals surface area contributed by atoms with E-state index in [2.05, 4.69) is 4.90 Å². The number of esters is 2. The van der Waals surface area contributed by atoms with Crippen molar-refractivity contribution in [1.82, 2.24) is 4.90 Å². The number of rotatable bonds is 13. The van der Waals surface area contributed by atoms with Gasteiger partial charge >= 0.3 is 11.9 Å². The molecular weight excluding hydrogens is 474 g/mol. The molecule has 0 spiro atoms. The summed E-state index contributed by atoms with van der Waals surface area (Å²) in [7, 11) is 0. The van der Waals surface area contributed by atoms with Crippen LogP contribution in [0.5, 0.6) is 0 Å². The Balaban J connectivity index is 1.50. The molecule has 0 aliphatic rings. The van der Waals surface area contributed by atoms with E-state index in [1.807, 2.05) is 121 Å². The Morgan fingerprint density at radius 2 is 0.947 bits per heavy atom. The summed E-state index contributed by atoms with van der Waals surface area (Å²) in [4.78, 5) is 28.3. The molecule has 0 aliphatic heterocycles. The van der Waals surface area contributed by atoms with Crippen LogP contribution in [0.4, 0.5) is 0 Å². The third-order valence-corrected chi connectivity index (χ3v) is 6.26. The summed E-state index contributed by atoms with van der Waals surface area (Å²) in [6.07, 6.45) is 0.402. The lowest BCUT2D eigenvalue weighted by Crippen LogP contribution is -2.41. The van der Waals surface area contributed by atoms with Crippen LogP contribution >= 0.6 is 0 Å². The number of benzene rings is 4. The minimum Gasteiger partial charge on any atom is -0.461 e. The molecule has 4 rings (SSSR count). The average molecular weight is 508 g/mol. The molecule has 0 aliphatic carbocycles. The molecular formula is C33H33NO4. The van der Waals surface area contributed by atoms with Crippen LogP contribution < -0.4 is 0 Å². The molecule has 0 aromatic heterocycles. The van der Waals surface area contributed by atoms with Crippen LogP contribution in [0.2, 0.25) is 0 Å². The Bertz CT molecular complexity index is 1210. The number of ether oxygens (including phenoxy) is 2. The summed E-state index contributed by atoms with van der Waals surface area (Å²) in [5, 5.41) is 0. The lowest BCUT2D eigenvalue weighted by molar-refractivity contribution is -0.153. The Labute approximate surface area is 224 Å². The molecule has 0 bridgehead atoms. The normalized spacial score (nSPS) is 11.6. The summed E-state index contributed by atoms with van der Waals surface area (Å²) in [5.74, 6) is -0.689. The van der Waals surface area contributed by atoms with Crippen molar-refractivity contribution in [2.45, 2.75) is 45.2 Å². The first-order valence-electron chi connectivity index (χ1n) is 12.9. The van der Waals surface area contributed by atoms with Crippen molar-refractivity contribution in [3.8, 4) is 0 Å². The van der Waals surface area contributed by atoms with Gasteiger partial charge in [-0.2, -0.15) is 0 Å². The van der Waals surface area contributed by atoms with Crippen molar-refractivity contribution >= 4 is 11.9 Å². The monoisotopic (exact) mass is 507 g/mol. The molecule has 38 heavy (non-hydrogen) atoms. The Morgan fingerprint density at radius 1 is 0.553 bits per heavy atom. The maximum absolute atomic E-state index is 13.5. The number of hydrogen-bond acceptors (Lipinski definition) is 5. The largest absolute Gasteiger partial charge is 0.461 e. The molecule has 1 atom stereocenters. The van der Waals surface area contributed by atoms with Gasteiger partial charge in [0.2, 0.25) is 0 Å². The molecule has 0 fully saturated rings. The molecule has 0 saturated carbocycles. The van der Waals surface area contributed by atoms with Gasteiger partial charge in [-0.15, -0.1) is 0 Å². The lowest BCUT2D eigenvalue weighted by atomic mass is 10.1. The summed E-state index contributed by atoms with van der Waals surface area (Å²) in [6, 6.07) is 38.6. The van der Waals surface area contributed by atoms with Crippen molar-refractivity contribution in [2.75, 3.05) is 0 Å². The van der Waals surface area contributed by atoms with Gasteiger partial charge in [0.1, 0.15) is 19.3 Å². The summed E-state index contributed by atoms with van der Waals surface area (Å²) >= 11 is 0. The first kappa shape index (κ1) is 26.8. The molecule has 4 aromatic carbocycles. The zero-order chi connectivity index (χ0) is 26.4.